The lowest BCUT2D eigenvalue weighted by Crippen LogP contribution is -2.53. The zero-order valence-electron chi connectivity index (χ0n) is 22.7. The highest BCUT2D eigenvalue weighted by atomic mass is 32.2. The van der Waals surface area contributed by atoms with E-state index in [1.54, 1.807) is 0 Å². The Bertz CT molecular complexity index is 768. The van der Waals surface area contributed by atoms with Gasteiger partial charge in [-0.3, -0.25) is 0 Å². The third kappa shape index (κ3) is 2.42. The van der Waals surface area contributed by atoms with Gasteiger partial charge in [-0.05, 0) is 22.9 Å². The Kier molecular flexibility index (Phi) is 5.45. The van der Waals surface area contributed by atoms with E-state index in [-0.39, 0.29) is 21.7 Å². The Labute approximate surface area is 217 Å². The van der Waals surface area contributed by atoms with Gasteiger partial charge in [0.15, 0.2) is 0 Å². The van der Waals surface area contributed by atoms with Gasteiger partial charge in [0.25, 0.3) is 0 Å². The molecule has 6 fully saturated rings. The zero-order chi connectivity index (χ0) is 24.5. The molecule has 0 bridgehead atoms. The van der Waals surface area contributed by atoms with Gasteiger partial charge in [0, 0.05) is 74.0 Å². The molecule has 0 aromatic heterocycles. The standard InChI is InChI=1S/C26H46O4S2Si2/c1-21-22(2)25-15-32-16-26(22,25)20(30-18-28-10-12-34(6,7)8)24(21)14-31-13-23(21,24)19(25)29-17-27-9-11-33(3,4)5/h19-20H,9-18H2,1-8H3. The van der Waals surface area contributed by atoms with Crippen LogP contribution in [0.1, 0.15) is 13.8 Å². The van der Waals surface area contributed by atoms with Crippen molar-refractivity contribution in [1.29, 1.82) is 0 Å². The summed E-state index contributed by atoms with van der Waals surface area (Å²) in [7, 11) is -2.15. The predicted octanol–water partition coefficient (Wildman–Crippen LogP) is 5.89. The number of ether oxygens (including phenoxy) is 4. The van der Waals surface area contributed by atoms with Crippen LogP contribution < -0.4 is 0 Å². The van der Waals surface area contributed by atoms with Gasteiger partial charge >= 0.3 is 0 Å². The monoisotopic (exact) mass is 542 g/mol. The van der Waals surface area contributed by atoms with E-state index >= 15 is 0 Å². The minimum atomic E-state index is -1.08. The molecule has 4 saturated carbocycles. The Morgan fingerprint density at radius 2 is 0.941 bits per heavy atom. The first-order valence-electron chi connectivity index (χ1n) is 13.4. The molecule has 0 radical (unpaired) electrons. The van der Waals surface area contributed by atoms with Gasteiger partial charge in [0.05, 0.1) is 12.2 Å². The molecule has 8 heteroatoms. The molecule has 2 saturated heterocycles. The fourth-order valence-electron chi connectivity index (χ4n) is 10.3. The Balaban J connectivity index is 1.21. The van der Waals surface area contributed by atoms with Gasteiger partial charge < -0.3 is 18.9 Å². The van der Waals surface area contributed by atoms with Crippen LogP contribution in [0.5, 0.6) is 0 Å². The van der Waals surface area contributed by atoms with Crippen molar-refractivity contribution in [3.63, 3.8) is 0 Å². The first kappa shape index (κ1) is 25.3. The molecule has 0 N–H and O–H groups in total. The lowest BCUT2D eigenvalue weighted by molar-refractivity contribution is -0.192. The summed E-state index contributed by atoms with van der Waals surface area (Å²) >= 11 is 4.31. The maximum atomic E-state index is 6.87. The summed E-state index contributed by atoms with van der Waals surface area (Å²) in [5, 5.41) is 0. The molecule has 4 nitrogen and oxygen atoms in total. The Morgan fingerprint density at radius 3 is 1.24 bits per heavy atom. The van der Waals surface area contributed by atoms with Crippen molar-refractivity contribution < 1.29 is 18.9 Å². The smallest absolute Gasteiger partial charge is 0.147 e. The Morgan fingerprint density at radius 1 is 0.618 bits per heavy atom. The average Bonchev–Trinajstić information content (AvgIpc) is 3.11. The minimum Gasteiger partial charge on any atom is -0.356 e. The second-order valence-corrected chi connectivity index (χ2v) is 28.1. The van der Waals surface area contributed by atoms with Crippen LogP contribution in [0.3, 0.4) is 0 Å². The normalized spacial score (nSPS) is 51.5. The van der Waals surface area contributed by atoms with E-state index in [1.807, 2.05) is 0 Å². The molecular formula is C26H46O4S2Si2. The number of rotatable bonds is 12. The molecule has 194 valence electrons. The second kappa shape index (κ2) is 7.33. The van der Waals surface area contributed by atoms with Crippen LogP contribution in [-0.2, 0) is 18.9 Å². The van der Waals surface area contributed by atoms with Crippen LogP contribution in [0.15, 0.2) is 0 Å². The largest absolute Gasteiger partial charge is 0.356 e. The summed E-state index contributed by atoms with van der Waals surface area (Å²) in [6.07, 6.45) is 0.666. The lowest BCUT2D eigenvalue weighted by Gasteiger charge is -2.44. The number of hydrogen-bond acceptors (Lipinski definition) is 6. The van der Waals surface area contributed by atoms with E-state index in [4.69, 9.17) is 18.9 Å². The van der Waals surface area contributed by atoms with Crippen molar-refractivity contribution in [1.82, 2.24) is 0 Å². The topological polar surface area (TPSA) is 36.9 Å². The van der Waals surface area contributed by atoms with E-state index in [2.05, 4.69) is 76.7 Å². The van der Waals surface area contributed by atoms with Crippen molar-refractivity contribution >= 4 is 39.7 Å². The van der Waals surface area contributed by atoms with Crippen molar-refractivity contribution in [2.75, 3.05) is 49.8 Å². The van der Waals surface area contributed by atoms with Crippen molar-refractivity contribution in [2.24, 2.45) is 32.5 Å². The molecule has 4 unspecified atom stereocenters. The SMILES string of the molecule is CC12C34CSCC31C(OCOCC[Si](C)(C)C)C13CSCC1(C4OCOCC[Si](C)(C)C)C32C. The third-order valence-electron chi connectivity index (χ3n) is 11.8. The van der Waals surface area contributed by atoms with Crippen LogP contribution >= 0.6 is 23.5 Å². The van der Waals surface area contributed by atoms with Crippen molar-refractivity contribution in [3.05, 3.63) is 0 Å². The first-order chi connectivity index (χ1) is 15.8. The van der Waals surface area contributed by atoms with E-state index in [1.165, 1.54) is 35.1 Å². The molecule has 4 spiro atoms. The summed E-state index contributed by atoms with van der Waals surface area (Å²) < 4.78 is 25.9. The van der Waals surface area contributed by atoms with Crippen LogP contribution in [0.2, 0.25) is 51.4 Å². The van der Waals surface area contributed by atoms with Gasteiger partial charge in [-0.1, -0.05) is 53.1 Å². The molecule has 0 aromatic carbocycles. The fourth-order valence-corrected chi connectivity index (χ4v) is 16.1. The summed E-state index contributed by atoms with van der Waals surface area (Å²) in [4.78, 5) is 0. The van der Waals surface area contributed by atoms with Gasteiger partial charge in [-0.25, -0.2) is 0 Å². The Hall–Kier alpha value is 0.974. The molecule has 4 atom stereocenters. The van der Waals surface area contributed by atoms with Gasteiger partial charge in [0.1, 0.15) is 13.6 Å². The maximum absolute atomic E-state index is 6.87. The van der Waals surface area contributed by atoms with Crippen LogP contribution in [0.4, 0.5) is 0 Å². The number of hydrogen-bond donors (Lipinski definition) is 0. The highest BCUT2D eigenvalue weighted by molar-refractivity contribution is 8.00. The molecule has 6 aliphatic rings. The molecule has 0 amide bonds. The third-order valence-corrected chi connectivity index (χ3v) is 17.8. The molecule has 6 rings (SSSR count). The summed E-state index contributed by atoms with van der Waals surface area (Å²) in [5.41, 5.74) is 1.72. The quantitative estimate of drug-likeness (QED) is 0.174. The predicted molar refractivity (Wildman–Crippen MR) is 148 cm³/mol. The molecule has 4 aliphatic carbocycles. The van der Waals surface area contributed by atoms with E-state index < -0.39 is 16.1 Å². The molecular weight excluding hydrogens is 497 g/mol. The van der Waals surface area contributed by atoms with Crippen molar-refractivity contribution in [2.45, 2.75) is 77.4 Å². The first-order valence-corrected chi connectivity index (χ1v) is 23.1. The minimum absolute atomic E-state index is 0.261. The van der Waals surface area contributed by atoms with Crippen LogP contribution in [0, 0.1) is 32.5 Å². The molecule has 2 aliphatic heterocycles. The lowest BCUT2D eigenvalue weighted by atomic mass is 9.67. The van der Waals surface area contributed by atoms with E-state index in [9.17, 15) is 0 Å². The highest BCUT2D eigenvalue weighted by Gasteiger charge is 3.20. The van der Waals surface area contributed by atoms with Gasteiger partial charge in [-0.15, -0.1) is 0 Å². The van der Waals surface area contributed by atoms with E-state index in [0.717, 1.165) is 13.2 Å². The van der Waals surface area contributed by atoms with Crippen LogP contribution in [0.25, 0.3) is 0 Å². The molecule has 2 heterocycles. The number of thioether (sulfide) groups is 2. The fraction of sp³-hybridized carbons (Fsp3) is 1.00. The second-order valence-electron chi connectivity index (χ2n) is 14.9. The van der Waals surface area contributed by atoms with Gasteiger partial charge in [0.2, 0.25) is 0 Å². The van der Waals surface area contributed by atoms with Gasteiger partial charge in [-0.2, -0.15) is 23.5 Å². The summed E-state index contributed by atoms with van der Waals surface area (Å²) in [6.45, 7) is 22.4. The molecule has 0 aromatic rings. The average molecular weight is 543 g/mol. The highest BCUT2D eigenvalue weighted by Crippen LogP contribution is 3.16. The summed E-state index contributed by atoms with van der Waals surface area (Å²) in [6, 6.07) is 2.42. The molecule has 34 heavy (non-hydrogen) atoms. The van der Waals surface area contributed by atoms with Crippen LogP contribution in [-0.4, -0.2) is 78.2 Å². The van der Waals surface area contributed by atoms with Crippen molar-refractivity contribution in [3.8, 4) is 0 Å². The van der Waals surface area contributed by atoms with E-state index in [0.29, 0.717) is 36.6 Å². The summed E-state index contributed by atoms with van der Waals surface area (Å²) in [5.74, 6) is 4.93. The zero-order valence-corrected chi connectivity index (χ0v) is 26.3. The maximum Gasteiger partial charge on any atom is 0.147 e.